The number of hydrogen-bond acceptors (Lipinski definition) is 2. The molecule has 1 aromatic rings. The second-order valence-electron chi connectivity index (χ2n) is 7.46. The number of hydrogen-bond donors (Lipinski definition) is 2. The minimum absolute atomic E-state index is 0.101. The predicted molar refractivity (Wildman–Crippen MR) is 96.9 cm³/mol. The Labute approximate surface area is 145 Å². The first-order valence-electron chi connectivity index (χ1n) is 8.62. The van der Waals surface area contributed by atoms with Gasteiger partial charge in [0, 0.05) is 23.4 Å². The number of amides is 1. The molecule has 3 nitrogen and oxygen atoms in total. The van der Waals surface area contributed by atoms with Gasteiger partial charge in [-0.1, -0.05) is 44.5 Å². The molecule has 23 heavy (non-hydrogen) atoms. The molecule has 1 heterocycles. The number of piperidine rings is 1. The van der Waals surface area contributed by atoms with E-state index < -0.39 is 0 Å². The van der Waals surface area contributed by atoms with E-state index >= 15 is 0 Å². The summed E-state index contributed by atoms with van der Waals surface area (Å²) >= 11 is 5.95. The molecule has 2 N–H and O–H groups in total. The molecule has 0 bridgehead atoms. The van der Waals surface area contributed by atoms with Gasteiger partial charge in [0.05, 0.1) is 0 Å². The molecule has 0 saturated carbocycles. The molecule has 0 radical (unpaired) electrons. The Hall–Kier alpha value is -1.06. The van der Waals surface area contributed by atoms with E-state index in [0.29, 0.717) is 24.8 Å². The monoisotopic (exact) mass is 336 g/mol. The number of benzene rings is 1. The summed E-state index contributed by atoms with van der Waals surface area (Å²) in [5.41, 5.74) is 1.09. The molecular weight excluding hydrogens is 308 g/mol. The van der Waals surface area contributed by atoms with Crippen molar-refractivity contribution >= 4 is 17.5 Å². The van der Waals surface area contributed by atoms with Crippen molar-refractivity contribution in [3.63, 3.8) is 0 Å². The van der Waals surface area contributed by atoms with Crippen LogP contribution in [0.4, 0.5) is 0 Å². The van der Waals surface area contributed by atoms with Crippen LogP contribution in [0.2, 0.25) is 5.02 Å². The molecule has 0 aromatic heterocycles. The third-order valence-electron chi connectivity index (χ3n) is 5.00. The molecule has 1 aromatic carbocycles. The van der Waals surface area contributed by atoms with Crippen LogP contribution >= 0.6 is 11.6 Å². The van der Waals surface area contributed by atoms with Crippen LogP contribution in [0.1, 0.15) is 45.6 Å². The van der Waals surface area contributed by atoms with Crippen LogP contribution in [-0.4, -0.2) is 25.5 Å². The molecule has 0 spiro atoms. The standard InChI is InChI=1S/C19H29ClN2O/c1-14(15-5-4-10-21-12-15)11-18(23)22-13-19(2,3)16-6-8-17(20)9-7-16/h6-9,14-15,21H,4-5,10-13H2,1-3H3,(H,22,23). The van der Waals surface area contributed by atoms with Crippen molar-refractivity contribution in [2.45, 2.75) is 45.4 Å². The lowest BCUT2D eigenvalue weighted by atomic mass is 9.83. The number of rotatable bonds is 6. The quantitative estimate of drug-likeness (QED) is 0.830. The second-order valence-corrected chi connectivity index (χ2v) is 7.89. The smallest absolute Gasteiger partial charge is 0.220 e. The first-order valence-corrected chi connectivity index (χ1v) is 9.00. The predicted octanol–water partition coefficient (Wildman–Crippen LogP) is 3.76. The molecular formula is C19H29ClN2O. The van der Waals surface area contributed by atoms with Gasteiger partial charge in [-0.2, -0.15) is 0 Å². The van der Waals surface area contributed by atoms with Crippen LogP contribution in [0.15, 0.2) is 24.3 Å². The summed E-state index contributed by atoms with van der Waals surface area (Å²) in [7, 11) is 0. The number of carbonyl (C=O) groups is 1. The van der Waals surface area contributed by atoms with Gasteiger partial charge in [0.25, 0.3) is 0 Å². The summed E-state index contributed by atoms with van der Waals surface area (Å²) in [6.07, 6.45) is 3.07. The first kappa shape index (κ1) is 18.3. The summed E-state index contributed by atoms with van der Waals surface area (Å²) < 4.78 is 0. The van der Waals surface area contributed by atoms with E-state index in [9.17, 15) is 4.79 Å². The molecule has 1 aliphatic heterocycles. The Kier molecular flexibility index (Phi) is 6.49. The highest BCUT2D eigenvalue weighted by Gasteiger charge is 2.24. The molecule has 2 atom stereocenters. The van der Waals surface area contributed by atoms with E-state index in [1.54, 1.807) is 0 Å². The van der Waals surface area contributed by atoms with Gasteiger partial charge in [-0.15, -0.1) is 0 Å². The van der Waals surface area contributed by atoms with E-state index in [-0.39, 0.29) is 11.3 Å². The maximum atomic E-state index is 12.3. The highest BCUT2D eigenvalue weighted by molar-refractivity contribution is 6.30. The molecule has 2 rings (SSSR count). The van der Waals surface area contributed by atoms with Crippen LogP contribution in [0.25, 0.3) is 0 Å². The molecule has 4 heteroatoms. The van der Waals surface area contributed by atoms with Crippen molar-refractivity contribution in [3.8, 4) is 0 Å². The maximum Gasteiger partial charge on any atom is 0.220 e. The lowest BCUT2D eigenvalue weighted by molar-refractivity contribution is -0.122. The molecule has 1 saturated heterocycles. The normalized spacial score (nSPS) is 20.1. The fraction of sp³-hybridized carbons (Fsp3) is 0.632. The van der Waals surface area contributed by atoms with Crippen LogP contribution < -0.4 is 10.6 Å². The van der Waals surface area contributed by atoms with Gasteiger partial charge >= 0.3 is 0 Å². The summed E-state index contributed by atoms with van der Waals surface area (Å²) in [5, 5.41) is 7.28. The summed E-state index contributed by atoms with van der Waals surface area (Å²) in [4.78, 5) is 12.3. The number of nitrogens with one attached hydrogen (secondary N) is 2. The van der Waals surface area contributed by atoms with Gasteiger partial charge in [-0.25, -0.2) is 0 Å². The molecule has 2 unspecified atom stereocenters. The van der Waals surface area contributed by atoms with E-state index in [4.69, 9.17) is 11.6 Å². The van der Waals surface area contributed by atoms with E-state index in [2.05, 4.69) is 31.4 Å². The van der Waals surface area contributed by atoms with Gasteiger partial charge in [0.15, 0.2) is 0 Å². The Morgan fingerprint density at radius 1 is 1.39 bits per heavy atom. The zero-order chi connectivity index (χ0) is 16.9. The molecule has 1 fully saturated rings. The van der Waals surface area contributed by atoms with Crippen molar-refractivity contribution in [2.24, 2.45) is 11.8 Å². The van der Waals surface area contributed by atoms with Gasteiger partial charge in [-0.3, -0.25) is 4.79 Å². The largest absolute Gasteiger partial charge is 0.355 e. The van der Waals surface area contributed by atoms with Crippen LogP contribution in [-0.2, 0) is 10.2 Å². The van der Waals surface area contributed by atoms with Gasteiger partial charge < -0.3 is 10.6 Å². The second kappa shape index (κ2) is 8.16. The topological polar surface area (TPSA) is 41.1 Å². The van der Waals surface area contributed by atoms with Gasteiger partial charge in [-0.05, 0) is 55.5 Å². The van der Waals surface area contributed by atoms with Crippen LogP contribution in [0.3, 0.4) is 0 Å². The minimum atomic E-state index is -0.101. The summed E-state index contributed by atoms with van der Waals surface area (Å²) in [5.74, 6) is 1.21. The highest BCUT2D eigenvalue weighted by Crippen LogP contribution is 2.25. The lowest BCUT2D eigenvalue weighted by Crippen LogP contribution is -2.39. The third kappa shape index (κ3) is 5.50. The minimum Gasteiger partial charge on any atom is -0.355 e. The van der Waals surface area contributed by atoms with E-state index in [1.165, 1.54) is 18.4 Å². The van der Waals surface area contributed by atoms with Gasteiger partial charge in [0.2, 0.25) is 5.91 Å². The Balaban J connectivity index is 1.81. The highest BCUT2D eigenvalue weighted by atomic mass is 35.5. The van der Waals surface area contributed by atoms with Gasteiger partial charge in [0.1, 0.15) is 0 Å². The van der Waals surface area contributed by atoms with Crippen LogP contribution in [0.5, 0.6) is 0 Å². The Bertz CT molecular complexity index is 507. The van der Waals surface area contributed by atoms with Crippen molar-refractivity contribution in [2.75, 3.05) is 19.6 Å². The molecule has 1 aliphatic rings. The zero-order valence-corrected chi connectivity index (χ0v) is 15.2. The molecule has 1 amide bonds. The average molecular weight is 337 g/mol. The summed E-state index contributed by atoms with van der Waals surface area (Å²) in [6.45, 7) is 9.29. The fourth-order valence-electron chi connectivity index (χ4n) is 3.22. The first-order chi connectivity index (χ1) is 10.9. The Morgan fingerprint density at radius 2 is 2.09 bits per heavy atom. The van der Waals surface area contributed by atoms with Crippen molar-refractivity contribution in [1.29, 1.82) is 0 Å². The zero-order valence-electron chi connectivity index (χ0n) is 14.5. The summed E-state index contributed by atoms with van der Waals surface area (Å²) in [6, 6.07) is 7.87. The number of carbonyl (C=O) groups excluding carboxylic acids is 1. The van der Waals surface area contributed by atoms with Crippen LogP contribution in [0, 0.1) is 11.8 Å². The molecule has 128 valence electrons. The average Bonchev–Trinajstić information content (AvgIpc) is 2.54. The fourth-order valence-corrected chi connectivity index (χ4v) is 3.34. The number of halogens is 1. The maximum absolute atomic E-state index is 12.3. The van der Waals surface area contributed by atoms with Crippen molar-refractivity contribution in [1.82, 2.24) is 10.6 Å². The van der Waals surface area contributed by atoms with E-state index in [1.807, 2.05) is 24.3 Å². The lowest BCUT2D eigenvalue weighted by Gasteiger charge is -2.29. The van der Waals surface area contributed by atoms with Crippen molar-refractivity contribution in [3.05, 3.63) is 34.9 Å². The Morgan fingerprint density at radius 3 is 2.70 bits per heavy atom. The molecule has 0 aliphatic carbocycles. The third-order valence-corrected chi connectivity index (χ3v) is 5.25. The van der Waals surface area contributed by atoms with E-state index in [0.717, 1.165) is 18.1 Å². The SMILES string of the molecule is CC(CC(=O)NCC(C)(C)c1ccc(Cl)cc1)C1CCCNC1. The van der Waals surface area contributed by atoms with Crippen molar-refractivity contribution < 1.29 is 4.79 Å².